The zero-order valence-electron chi connectivity index (χ0n) is 6.49. The summed E-state index contributed by atoms with van der Waals surface area (Å²) in [5.41, 5.74) is 1.86. The van der Waals surface area contributed by atoms with Crippen LogP contribution in [0.15, 0.2) is 31.1 Å². The van der Waals surface area contributed by atoms with Crippen LogP contribution in [0.3, 0.4) is 0 Å². The van der Waals surface area contributed by atoms with Crippen LogP contribution in [0.1, 0.15) is 17.2 Å². The van der Waals surface area contributed by atoms with Gasteiger partial charge in [0.1, 0.15) is 0 Å². The average molecular weight is 149 g/mol. The van der Waals surface area contributed by atoms with Gasteiger partial charge in [-0.2, -0.15) is 0 Å². The molecule has 0 radical (unpaired) electrons. The fourth-order valence-corrected chi connectivity index (χ4v) is 0.943. The Morgan fingerprint density at radius 1 is 1.73 bits per heavy atom. The minimum atomic E-state index is -0.571. The molecule has 0 aliphatic rings. The maximum absolute atomic E-state index is 9.36. The van der Waals surface area contributed by atoms with E-state index in [9.17, 15) is 5.11 Å². The van der Waals surface area contributed by atoms with Crippen molar-refractivity contribution in [1.82, 2.24) is 4.98 Å². The van der Waals surface area contributed by atoms with Crippen molar-refractivity contribution in [3.05, 3.63) is 42.2 Å². The second-order valence-corrected chi connectivity index (χ2v) is 2.41. The highest BCUT2D eigenvalue weighted by atomic mass is 16.3. The van der Waals surface area contributed by atoms with E-state index in [1.165, 1.54) is 6.08 Å². The van der Waals surface area contributed by atoms with Crippen LogP contribution >= 0.6 is 0 Å². The van der Waals surface area contributed by atoms with Gasteiger partial charge in [0.05, 0.1) is 6.10 Å². The molecular formula is C9H11NO. The van der Waals surface area contributed by atoms with Crippen molar-refractivity contribution in [3.63, 3.8) is 0 Å². The molecule has 11 heavy (non-hydrogen) atoms. The summed E-state index contributed by atoms with van der Waals surface area (Å²) in [6.07, 6.45) is 4.32. The molecule has 1 atom stereocenters. The molecule has 1 aromatic heterocycles. The minimum Gasteiger partial charge on any atom is -0.384 e. The van der Waals surface area contributed by atoms with E-state index < -0.39 is 6.10 Å². The number of aryl methyl sites for hydroxylation is 1. The maximum Gasteiger partial charge on any atom is 0.0972 e. The summed E-state index contributed by atoms with van der Waals surface area (Å²) in [5.74, 6) is 0. The van der Waals surface area contributed by atoms with Crippen molar-refractivity contribution in [1.29, 1.82) is 0 Å². The van der Waals surface area contributed by atoms with Gasteiger partial charge in [0, 0.05) is 12.4 Å². The first-order valence-electron chi connectivity index (χ1n) is 3.47. The van der Waals surface area contributed by atoms with Crippen LogP contribution in [0.25, 0.3) is 0 Å². The summed E-state index contributed by atoms with van der Waals surface area (Å²) in [6, 6.07) is 1.79. The number of aromatic nitrogens is 1. The van der Waals surface area contributed by atoms with Gasteiger partial charge in [-0.05, 0) is 24.1 Å². The lowest BCUT2D eigenvalue weighted by atomic mass is 10.1. The molecule has 0 spiro atoms. The third-order valence-electron chi connectivity index (χ3n) is 1.61. The first-order chi connectivity index (χ1) is 5.25. The Bertz CT molecular complexity index is 257. The number of hydrogen-bond donors (Lipinski definition) is 1. The van der Waals surface area contributed by atoms with E-state index in [4.69, 9.17) is 0 Å². The largest absolute Gasteiger partial charge is 0.384 e. The Hall–Kier alpha value is -1.15. The van der Waals surface area contributed by atoms with Crippen LogP contribution in [-0.4, -0.2) is 10.1 Å². The monoisotopic (exact) mass is 149 g/mol. The molecule has 1 heterocycles. The van der Waals surface area contributed by atoms with Crippen LogP contribution in [0.4, 0.5) is 0 Å². The van der Waals surface area contributed by atoms with Gasteiger partial charge in [0.2, 0.25) is 0 Å². The molecule has 0 bridgehead atoms. The van der Waals surface area contributed by atoms with Gasteiger partial charge in [-0.15, -0.1) is 6.58 Å². The van der Waals surface area contributed by atoms with Crippen molar-refractivity contribution in [2.75, 3.05) is 0 Å². The van der Waals surface area contributed by atoms with E-state index in [0.717, 1.165) is 11.1 Å². The Morgan fingerprint density at radius 2 is 2.45 bits per heavy atom. The smallest absolute Gasteiger partial charge is 0.0972 e. The quantitative estimate of drug-likeness (QED) is 0.648. The molecule has 0 amide bonds. The van der Waals surface area contributed by atoms with E-state index in [2.05, 4.69) is 11.6 Å². The summed E-state index contributed by atoms with van der Waals surface area (Å²) in [6.45, 7) is 5.42. The van der Waals surface area contributed by atoms with Gasteiger partial charge in [-0.3, -0.25) is 4.98 Å². The summed E-state index contributed by atoms with van der Waals surface area (Å²) >= 11 is 0. The molecule has 2 heteroatoms. The molecule has 1 rings (SSSR count). The first-order valence-corrected chi connectivity index (χ1v) is 3.47. The lowest BCUT2D eigenvalue weighted by Gasteiger charge is -2.07. The van der Waals surface area contributed by atoms with Crippen molar-refractivity contribution in [2.45, 2.75) is 13.0 Å². The molecule has 0 saturated carbocycles. The lowest BCUT2D eigenvalue weighted by Crippen LogP contribution is -1.95. The number of aliphatic hydroxyl groups is 1. The normalized spacial score (nSPS) is 12.5. The van der Waals surface area contributed by atoms with Crippen molar-refractivity contribution >= 4 is 0 Å². The van der Waals surface area contributed by atoms with Gasteiger partial charge >= 0.3 is 0 Å². The van der Waals surface area contributed by atoms with Gasteiger partial charge in [-0.25, -0.2) is 0 Å². The highest BCUT2D eigenvalue weighted by Crippen LogP contribution is 2.15. The van der Waals surface area contributed by atoms with Gasteiger partial charge in [0.15, 0.2) is 0 Å². The molecule has 0 aromatic carbocycles. The number of rotatable bonds is 2. The zero-order chi connectivity index (χ0) is 8.27. The summed E-state index contributed by atoms with van der Waals surface area (Å²) in [5, 5.41) is 9.36. The predicted octanol–water partition coefficient (Wildman–Crippen LogP) is 1.61. The Labute approximate surface area is 66.2 Å². The van der Waals surface area contributed by atoms with Crippen LogP contribution in [0, 0.1) is 6.92 Å². The minimum absolute atomic E-state index is 0.571. The second-order valence-electron chi connectivity index (χ2n) is 2.41. The fourth-order valence-electron chi connectivity index (χ4n) is 0.943. The molecule has 1 unspecified atom stereocenters. The van der Waals surface area contributed by atoms with Crippen molar-refractivity contribution in [3.8, 4) is 0 Å². The molecule has 0 aliphatic carbocycles. The molecule has 1 aromatic rings. The average Bonchev–Trinajstić information content (AvgIpc) is 2.04. The maximum atomic E-state index is 9.36. The van der Waals surface area contributed by atoms with E-state index in [0.29, 0.717) is 0 Å². The molecule has 1 N–H and O–H groups in total. The van der Waals surface area contributed by atoms with Crippen LogP contribution in [-0.2, 0) is 0 Å². The van der Waals surface area contributed by atoms with E-state index in [1.807, 2.05) is 6.92 Å². The summed E-state index contributed by atoms with van der Waals surface area (Å²) in [7, 11) is 0. The van der Waals surface area contributed by atoms with Gasteiger partial charge in [0.25, 0.3) is 0 Å². The molecule has 0 saturated heterocycles. The lowest BCUT2D eigenvalue weighted by molar-refractivity contribution is 0.228. The Morgan fingerprint density at radius 3 is 3.00 bits per heavy atom. The summed E-state index contributed by atoms with van der Waals surface area (Å²) < 4.78 is 0. The van der Waals surface area contributed by atoms with Gasteiger partial charge in [-0.1, -0.05) is 6.08 Å². The molecule has 0 fully saturated rings. The Balaban J connectivity index is 3.02. The standard InChI is InChI=1S/C9H11NO/c1-3-9(11)8-4-5-10-6-7(8)2/h3-6,9,11H,1H2,2H3. The SMILES string of the molecule is C=CC(O)c1ccncc1C. The Kier molecular flexibility index (Phi) is 2.39. The molecule has 58 valence electrons. The van der Waals surface area contributed by atoms with Crippen LogP contribution in [0.2, 0.25) is 0 Å². The van der Waals surface area contributed by atoms with Crippen LogP contribution < -0.4 is 0 Å². The first kappa shape index (κ1) is 7.95. The highest BCUT2D eigenvalue weighted by molar-refractivity contribution is 5.26. The second kappa shape index (κ2) is 3.30. The third-order valence-corrected chi connectivity index (χ3v) is 1.61. The van der Waals surface area contributed by atoms with E-state index in [1.54, 1.807) is 18.5 Å². The molecule has 0 aliphatic heterocycles. The third kappa shape index (κ3) is 1.65. The van der Waals surface area contributed by atoms with Crippen molar-refractivity contribution < 1.29 is 5.11 Å². The zero-order valence-corrected chi connectivity index (χ0v) is 6.49. The topological polar surface area (TPSA) is 33.1 Å². The fraction of sp³-hybridized carbons (Fsp3) is 0.222. The highest BCUT2D eigenvalue weighted by Gasteiger charge is 2.04. The van der Waals surface area contributed by atoms with Crippen LogP contribution in [0.5, 0.6) is 0 Å². The molecule has 2 nitrogen and oxygen atoms in total. The predicted molar refractivity (Wildman–Crippen MR) is 44.1 cm³/mol. The number of aliphatic hydroxyl groups excluding tert-OH is 1. The summed E-state index contributed by atoms with van der Waals surface area (Å²) in [4.78, 5) is 3.92. The molecular weight excluding hydrogens is 138 g/mol. The number of pyridine rings is 1. The van der Waals surface area contributed by atoms with Gasteiger partial charge < -0.3 is 5.11 Å². The van der Waals surface area contributed by atoms with E-state index in [-0.39, 0.29) is 0 Å². The van der Waals surface area contributed by atoms with E-state index >= 15 is 0 Å². The number of hydrogen-bond acceptors (Lipinski definition) is 2. The van der Waals surface area contributed by atoms with Crippen molar-refractivity contribution in [2.24, 2.45) is 0 Å². The number of nitrogens with zero attached hydrogens (tertiary/aromatic N) is 1.